The van der Waals surface area contributed by atoms with Crippen LogP contribution in [0.1, 0.15) is 26.7 Å². The Labute approximate surface area is 95.5 Å². The summed E-state index contributed by atoms with van der Waals surface area (Å²) < 4.78 is 0. The first kappa shape index (κ1) is 10.7. The van der Waals surface area contributed by atoms with Gasteiger partial charge < -0.3 is 4.90 Å². The summed E-state index contributed by atoms with van der Waals surface area (Å²) in [5.74, 6) is 0.951. The molecular weight excluding hydrogens is 210 g/mol. The number of halogens is 1. The molecule has 1 aromatic heterocycles. The molecule has 2 heterocycles. The van der Waals surface area contributed by atoms with Gasteiger partial charge in [-0.2, -0.15) is 0 Å². The van der Waals surface area contributed by atoms with Crippen molar-refractivity contribution in [3.8, 4) is 0 Å². The van der Waals surface area contributed by atoms with E-state index in [-0.39, 0.29) is 0 Å². The highest BCUT2D eigenvalue weighted by atomic mass is 35.5. The molecule has 1 atom stereocenters. The molecule has 1 fully saturated rings. The van der Waals surface area contributed by atoms with Crippen molar-refractivity contribution in [1.29, 1.82) is 0 Å². The van der Waals surface area contributed by atoms with Crippen molar-refractivity contribution in [2.24, 2.45) is 5.41 Å². The second-order valence-electron chi connectivity index (χ2n) is 4.53. The van der Waals surface area contributed by atoms with Gasteiger partial charge >= 0.3 is 0 Å². The predicted molar refractivity (Wildman–Crippen MR) is 62.3 cm³/mol. The van der Waals surface area contributed by atoms with E-state index in [4.69, 9.17) is 11.6 Å². The molecule has 0 N–H and O–H groups in total. The fourth-order valence-electron chi connectivity index (χ4n) is 2.01. The largest absolute Gasteiger partial charge is 0.356 e. The highest BCUT2D eigenvalue weighted by molar-refractivity contribution is 6.29. The molecule has 2 rings (SSSR count). The molecule has 1 aromatic rings. The van der Waals surface area contributed by atoms with Gasteiger partial charge in [-0.25, -0.2) is 9.97 Å². The van der Waals surface area contributed by atoms with Crippen LogP contribution in [0.5, 0.6) is 0 Å². The Hall–Kier alpha value is -0.830. The first-order chi connectivity index (χ1) is 7.13. The van der Waals surface area contributed by atoms with Crippen LogP contribution in [-0.2, 0) is 0 Å². The Kier molecular flexibility index (Phi) is 2.83. The molecule has 0 aliphatic carbocycles. The lowest BCUT2D eigenvalue weighted by Gasteiger charge is -2.23. The molecule has 1 unspecified atom stereocenters. The summed E-state index contributed by atoms with van der Waals surface area (Å²) >= 11 is 5.85. The van der Waals surface area contributed by atoms with Crippen molar-refractivity contribution in [2.45, 2.75) is 26.7 Å². The first-order valence-corrected chi connectivity index (χ1v) is 5.73. The zero-order valence-electron chi connectivity index (χ0n) is 9.20. The average molecular weight is 226 g/mol. The third-order valence-electron chi connectivity index (χ3n) is 3.35. The van der Waals surface area contributed by atoms with Crippen LogP contribution in [0, 0.1) is 5.41 Å². The first-order valence-electron chi connectivity index (χ1n) is 5.35. The van der Waals surface area contributed by atoms with Gasteiger partial charge in [-0.3, -0.25) is 0 Å². The summed E-state index contributed by atoms with van der Waals surface area (Å²) in [4.78, 5) is 10.4. The summed E-state index contributed by atoms with van der Waals surface area (Å²) in [6, 6.07) is 1.84. The van der Waals surface area contributed by atoms with Gasteiger partial charge in [-0.05, 0) is 18.3 Å². The number of aromatic nitrogens is 2. The van der Waals surface area contributed by atoms with Crippen molar-refractivity contribution in [2.75, 3.05) is 18.0 Å². The van der Waals surface area contributed by atoms with Crippen LogP contribution < -0.4 is 4.90 Å². The highest BCUT2D eigenvalue weighted by Gasteiger charge is 2.32. The van der Waals surface area contributed by atoms with Gasteiger partial charge in [-0.1, -0.05) is 25.4 Å². The average Bonchev–Trinajstić information content (AvgIpc) is 2.62. The van der Waals surface area contributed by atoms with E-state index in [2.05, 4.69) is 28.7 Å². The molecule has 3 nitrogen and oxygen atoms in total. The summed E-state index contributed by atoms with van der Waals surface area (Å²) in [7, 11) is 0. The Morgan fingerprint density at radius 2 is 2.33 bits per heavy atom. The quantitative estimate of drug-likeness (QED) is 0.725. The molecule has 0 radical (unpaired) electrons. The molecule has 82 valence electrons. The molecule has 1 saturated heterocycles. The minimum Gasteiger partial charge on any atom is -0.356 e. The van der Waals surface area contributed by atoms with Gasteiger partial charge in [0.25, 0.3) is 0 Å². The summed E-state index contributed by atoms with van der Waals surface area (Å²) in [6.45, 7) is 6.71. The number of anilines is 1. The molecule has 15 heavy (non-hydrogen) atoms. The zero-order valence-corrected chi connectivity index (χ0v) is 9.96. The fraction of sp³-hybridized carbons (Fsp3) is 0.636. The van der Waals surface area contributed by atoms with Crippen molar-refractivity contribution >= 4 is 17.4 Å². The number of hydrogen-bond donors (Lipinski definition) is 0. The normalized spacial score (nSPS) is 25.9. The maximum atomic E-state index is 5.85. The second kappa shape index (κ2) is 3.97. The van der Waals surface area contributed by atoms with Crippen LogP contribution in [0.4, 0.5) is 5.82 Å². The van der Waals surface area contributed by atoms with E-state index in [0.717, 1.165) is 18.9 Å². The molecular formula is C11H16ClN3. The number of nitrogens with zero attached hydrogens (tertiary/aromatic N) is 3. The van der Waals surface area contributed by atoms with Gasteiger partial charge in [0.2, 0.25) is 0 Å². The van der Waals surface area contributed by atoms with Crippen LogP contribution >= 0.6 is 11.6 Å². The van der Waals surface area contributed by atoms with E-state index in [1.807, 2.05) is 6.07 Å². The van der Waals surface area contributed by atoms with E-state index in [1.54, 1.807) is 0 Å². The number of rotatable bonds is 2. The lowest BCUT2D eigenvalue weighted by atomic mass is 9.87. The minimum atomic E-state index is 0.428. The lowest BCUT2D eigenvalue weighted by molar-refractivity contribution is 0.355. The van der Waals surface area contributed by atoms with Crippen LogP contribution in [0.15, 0.2) is 12.4 Å². The van der Waals surface area contributed by atoms with Crippen LogP contribution in [0.25, 0.3) is 0 Å². The smallest absolute Gasteiger partial charge is 0.134 e. The van der Waals surface area contributed by atoms with Crippen molar-refractivity contribution in [3.63, 3.8) is 0 Å². The van der Waals surface area contributed by atoms with Crippen LogP contribution in [0.3, 0.4) is 0 Å². The Balaban J connectivity index is 2.14. The zero-order chi connectivity index (χ0) is 10.9. The minimum absolute atomic E-state index is 0.428. The van der Waals surface area contributed by atoms with Gasteiger partial charge in [0.05, 0.1) is 0 Å². The third-order valence-corrected chi connectivity index (χ3v) is 3.56. The lowest BCUT2D eigenvalue weighted by Crippen LogP contribution is -2.24. The fourth-order valence-corrected chi connectivity index (χ4v) is 2.15. The molecule has 1 aliphatic rings. The predicted octanol–water partition coefficient (Wildman–Crippen LogP) is 2.76. The van der Waals surface area contributed by atoms with Gasteiger partial charge in [0.15, 0.2) is 0 Å². The van der Waals surface area contributed by atoms with E-state index in [1.165, 1.54) is 19.2 Å². The summed E-state index contributed by atoms with van der Waals surface area (Å²) in [6.07, 6.45) is 3.96. The maximum Gasteiger partial charge on any atom is 0.134 e. The molecule has 1 aliphatic heterocycles. The topological polar surface area (TPSA) is 29.0 Å². The molecule has 0 saturated carbocycles. The van der Waals surface area contributed by atoms with E-state index in [0.29, 0.717) is 10.6 Å². The monoisotopic (exact) mass is 225 g/mol. The Morgan fingerprint density at radius 3 is 2.93 bits per heavy atom. The van der Waals surface area contributed by atoms with Gasteiger partial charge in [0, 0.05) is 19.2 Å². The second-order valence-corrected chi connectivity index (χ2v) is 4.92. The van der Waals surface area contributed by atoms with E-state index >= 15 is 0 Å². The number of hydrogen-bond acceptors (Lipinski definition) is 3. The summed E-state index contributed by atoms with van der Waals surface area (Å²) in [5, 5.41) is 0.519. The van der Waals surface area contributed by atoms with Crippen molar-refractivity contribution in [3.05, 3.63) is 17.5 Å². The standard InChI is InChI=1S/C11H16ClN3/c1-3-11(2)4-5-15(7-11)10-6-9(12)13-8-14-10/h6,8H,3-5,7H2,1-2H3. The Morgan fingerprint density at radius 1 is 1.53 bits per heavy atom. The maximum absolute atomic E-state index is 5.85. The van der Waals surface area contributed by atoms with Crippen molar-refractivity contribution in [1.82, 2.24) is 9.97 Å². The Bertz CT molecular complexity index is 355. The molecule has 0 aromatic carbocycles. The van der Waals surface area contributed by atoms with Crippen LogP contribution in [-0.4, -0.2) is 23.1 Å². The SMILES string of the molecule is CCC1(C)CCN(c2cc(Cl)ncn2)C1. The van der Waals surface area contributed by atoms with Gasteiger partial charge in [0.1, 0.15) is 17.3 Å². The van der Waals surface area contributed by atoms with E-state index in [9.17, 15) is 0 Å². The highest BCUT2D eigenvalue weighted by Crippen LogP contribution is 2.35. The van der Waals surface area contributed by atoms with E-state index < -0.39 is 0 Å². The van der Waals surface area contributed by atoms with Crippen LogP contribution in [0.2, 0.25) is 5.15 Å². The third kappa shape index (κ3) is 2.23. The molecule has 0 amide bonds. The molecule has 0 bridgehead atoms. The van der Waals surface area contributed by atoms with Gasteiger partial charge in [-0.15, -0.1) is 0 Å². The molecule has 4 heteroatoms. The molecule has 0 spiro atoms. The summed E-state index contributed by atoms with van der Waals surface area (Å²) in [5.41, 5.74) is 0.428. The van der Waals surface area contributed by atoms with Crippen molar-refractivity contribution < 1.29 is 0 Å².